The zero-order valence-corrected chi connectivity index (χ0v) is 19.2. The summed E-state index contributed by atoms with van der Waals surface area (Å²) < 4.78 is 1.79. The Morgan fingerprint density at radius 3 is 2.55 bits per heavy atom. The Balaban J connectivity index is 1.25. The molecule has 0 spiro atoms. The molecule has 9 nitrogen and oxygen atoms in total. The number of piperidine rings is 1. The van der Waals surface area contributed by atoms with Crippen molar-refractivity contribution in [3.63, 3.8) is 0 Å². The topological polar surface area (TPSA) is 99.6 Å². The molecule has 5 rings (SSSR count). The molecule has 4 amide bonds. The predicted molar refractivity (Wildman–Crippen MR) is 126 cm³/mol. The molecule has 1 saturated carbocycles. The highest BCUT2D eigenvalue weighted by Gasteiger charge is 2.29. The number of benzene rings is 1. The van der Waals surface area contributed by atoms with Crippen molar-refractivity contribution in [2.45, 2.75) is 57.4 Å². The van der Waals surface area contributed by atoms with Crippen molar-refractivity contribution in [2.75, 3.05) is 29.4 Å². The summed E-state index contributed by atoms with van der Waals surface area (Å²) in [4.78, 5) is 40.2. The Hall–Kier alpha value is -3.10. The Labute approximate surface area is 193 Å². The van der Waals surface area contributed by atoms with Crippen molar-refractivity contribution in [2.24, 2.45) is 13.0 Å². The Bertz CT molecular complexity index is 1070. The zero-order chi connectivity index (χ0) is 22.9. The number of hydrogen-bond acceptors (Lipinski definition) is 5. The highest BCUT2D eigenvalue weighted by Crippen LogP contribution is 2.31. The van der Waals surface area contributed by atoms with Gasteiger partial charge in [0, 0.05) is 56.1 Å². The van der Waals surface area contributed by atoms with Gasteiger partial charge in [0.25, 0.3) is 0 Å². The maximum atomic E-state index is 12.6. The van der Waals surface area contributed by atoms with Crippen LogP contribution in [0.2, 0.25) is 0 Å². The number of amides is 4. The first kappa shape index (κ1) is 21.7. The third-order valence-electron chi connectivity index (χ3n) is 7.31. The van der Waals surface area contributed by atoms with Crippen LogP contribution in [0.25, 0.3) is 10.9 Å². The van der Waals surface area contributed by atoms with E-state index in [-0.39, 0.29) is 30.2 Å². The maximum absolute atomic E-state index is 12.6. The van der Waals surface area contributed by atoms with Gasteiger partial charge in [-0.15, -0.1) is 0 Å². The number of anilines is 2. The Kier molecular flexibility index (Phi) is 5.95. The highest BCUT2D eigenvalue weighted by molar-refractivity contribution is 6.09. The second kappa shape index (κ2) is 9.03. The van der Waals surface area contributed by atoms with E-state index in [2.05, 4.69) is 32.8 Å². The van der Waals surface area contributed by atoms with E-state index in [4.69, 9.17) is 0 Å². The van der Waals surface area contributed by atoms with Crippen molar-refractivity contribution in [3.8, 4) is 0 Å². The van der Waals surface area contributed by atoms with Gasteiger partial charge in [0.05, 0.1) is 5.52 Å². The molecular weight excluding hydrogens is 420 g/mol. The number of hydrogen-bond donors (Lipinski definition) is 2. The van der Waals surface area contributed by atoms with E-state index < -0.39 is 6.03 Å². The number of nitrogens with one attached hydrogen (secondary N) is 2. The van der Waals surface area contributed by atoms with Crippen LogP contribution in [0.15, 0.2) is 18.2 Å². The van der Waals surface area contributed by atoms with Crippen LogP contribution in [-0.2, 0) is 16.6 Å². The van der Waals surface area contributed by atoms with Crippen LogP contribution in [0.5, 0.6) is 0 Å². The summed E-state index contributed by atoms with van der Waals surface area (Å²) in [6.07, 6.45) is 7.83. The minimum atomic E-state index is -0.423. The van der Waals surface area contributed by atoms with E-state index >= 15 is 0 Å². The van der Waals surface area contributed by atoms with Gasteiger partial charge in [0.1, 0.15) is 0 Å². The Morgan fingerprint density at radius 2 is 1.82 bits per heavy atom. The summed E-state index contributed by atoms with van der Waals surface area (Å²) in [5.74, 6) is 0.782. The number of nitrogens with zero attached hydrogens (tertiary/aromatic N) is 4. The van der Waals surface area contributed by atoms with Gasteiger partial charge >= 0.3 is 6.03 Å². The number of carbonyl (C=O) groups is 3. The van der Waals surface area contributed by atoms with E-state index in [0.717, 1.165) is 55.4 Å². The average Bonchev–Trinajstić information content (AvgIpc) is 3.15. The molecule has 3 aliphatic rings. The molecule has 1 aliphatic carbocycles. The summed E-state index contributed by atoms with van der Waals surface area (Å²) in [6, 6.07) is 6.02. The third kappa shape index (κ3) is 4.41. The van der Waals surface area contributed by atoms with Gasteiger partial charge in [-0.05, 0) is 43.9 Å². The molecule has 1 aromatic heterocycles. The van der Waals surface area contributed by atoms with Crippen LogP contribution in [0.4, 0.5) is 16.3 Å². The van der Waals surface area contributed by atoms with Crippen molar-refractivity contribution in [1.29, 1.82) is 0 Å². The van der Waals surface area contributed by atoms with Gasteiger partial charge < -0.3 is 10.2 Å². The quantitative estimate of drug-likeness (QED) is 0.743. The number of urea groups is 1. The standard InChI is InChI=1S/C24H32N6O3/c1-28-20-15-18(7-8-19(20)22(27-28)30-14-11-21(31)26-24(30)33)29-12-9-17(10-13-29)25-23(32)16-5-3-2-4-6-16/h7-8,15-17H,2-6,9-14H2,1H3,(H,25,32)(H,26,31,33). The molecule has 9 heteroatoms. The highest BCUT2D eigenvalue weighted by atomic mass is 16.2. The number of carbonyl (C=O) groups excluding carboxylic acids is 3. The van der Waals surface area contributed by atoms with Crippen molar-refractivity contribution in [3.05, 3.63) is 18.2 Å². The molecule has 2 N–H and O–H groups in total. The number of imide groups is 1. The number of aromatic nitrogens is 2. The minimum absolute atomic E-state index is 0.207. The predicted octanol–water partition coefficient (Wildman–Crippen LogP) is 2.68. The summed E-state index contributed by atoms with van der Waals surface area (Å²) in [5, 5.41) is 11.1. The lowest BCUT2D eigenvalue weighted by atomic mass is 9.88. The summed E-state index contributed by atoms with van der Waals surface area (Å²) >= 11 is 0. The van der Waals surface area contributed by atoms with Gasteiger partial charge in [-0.1, -0.05) is 19.3 Å². The van der Waals surface area contributed by atoms with E-state index in [1.165, 1.54) is 24.2 Å². The van der Waals surface area contributed by atoms with E-state index in [1.807, 2.05) is 13.1 Å². The van der Waals surface area contributed by atoms with Gasteiger partial charge in [-0.2, -0.15) is 5.10 Å². The van der Waals surface area contributed by atoms with Crippen LogP contribution in [-0.4, -0.2) is 53.3 Å². The van der Waals surface area contributed by atoms with E-state index in [0.29, 0.717) is 12.4 Å². The van der Waals surface area contributed by atoms with Crippen molar-refractivity contribution in [1.82, 2.24) is 20.4 Å². The van der Waals surface area contributed by atoms with Crippen molar-refractivity contribution >= 4 is 40.3 Å². The number of fused-ring (bicyclic) bond motifs is 1. The monoisotopic (exact) mass is 452 g/mol. The molecule has 2 saturated heterocycles. The fourth-order valence-electron chi connectivity index (χ4n) is 5.35. The first-order chi connectivity index (χ1) is 16.0. The molecule has 2 aliphatic heterocycles. The van der Waals surface area contributed by atoms with Gasteiger partial charge in [0.15, 0.2) is 5.82 Å². The lowest BCUT2D eigenvalue weighted by molar-refractivity contribution is -0.126. The van der Waals surface area contributed by atoms with Crippen LogP contribution in [0, 0.1) is 5.92 Å². The largest absolute Gasteiger partial charge is 0.371 e. The molecule has 1 aromatic carbocycles. The number of rotatable bonds is 4. The molecule has 0 unspecified atom stereocenters. The molecule has 176 valence electrons. The molecule has 0 atom stereocenters. The smallest absolute Gasteiger partial charge is 0.329 e. The minimum Gasteiger partial charge on any atom is -0.371 e. The molecule has 0 bridgehead atoms. The van der Waals surface area contributed by atoms with Crippen LogP contribution in [0.3, 0.4) is 0 Å². The first-order valence-electron chi connectivity index (χ1n) is 12.1. The van der Waals surface area contributed by atoms with Crippen LogP contribution < -0.4 is 20.4 Å². The summed E-state index contributed by atoms with van der Waals surface area (Å²) in [6.45, 7) is 2.11. The lowest BCUT2D eigenvalue weighted by Crippen LogP contribution is -2.49. The molecule has 0 radical (unpaired) electrons. The Morgan fingerprint density at radius 1 is 1.06 bits per heavy atom. The van der Waals surface area contributed by atoms with Gasteiger partial charge in [-0.3, -0.25) is 24.5 Å². The van der Waals surface area contributed by atoms with Gasteiger partial charge in [-0.25, -0.2) is 4.79 Å². The SMILES string of the molecule is Cn1nc(N2CCC(=O)NC2=O)c2ccc(N3CCC(NC(=O)C4CCCCC4)CC3)cc21. The fraction of sp³-hybridized carbons (Fsp3) is 0.583. The maximum Gasteiger partial charge on any atom is 0.329 e. The molecule has 33 heavy (non-hydrogen) atoms. The average molecular weight is 453 g/mol. The van der Waals surface area contributed by atoms with Gasteiger partial charge in [0.2, 0.25) is 11.8 Å². The number of aryl methyl sites for hydroxylation is 1. The summed E-state index contributed by atoms with van der Waals surface area (Å²) in [5.41, 5.74) is 2.06. The van der Waals surface area contributed by atoms with E-state index in [9.17, 15) is 14.4 Å². The van der Waals surface area contributed by atoms with Crippen molar-refractivity contribution < 1.29 is 14.4 Å². The fourth-order valence-corrected chi connectivity index (χ4v) is 5.35. The van der Waals surface area contributed by atoms with Crippen LogP contribution in [0.1, 0.15) is 51.4 Å². The molecule has 3 fully saturated rings. The van der Waals surface area contributed by atoms with Crippen LogP contribution >= 0.6 is 0 Å². The third-order valence-corrected chi connectivity index (χ3v) is 7.31. The van der Waals surface area contributed by atoms with E-state index in [1.54, 1.807) is 4.68 Å². The first-order valence-corrected chi connectivity index (χ1v) is 12.1. The normalized spacial score (nSPS) is 20.9. The molecular formula is C24H32N6O3. The molecule has 3 heterocycles. The second-order valence-corrected chi connectivity index (χ2v) is 9.51. The lowest BCUT2D eigenvalue weighted by Gasteiger charge is -2.35. The molecule has 2 aromatic rings. The second-order valence-electron chi connectivity index (χ2n) is 9.51. The summed E-state index contributed by atoms with van der Waals surface area (Å²) in [7, 11) is 1.87. The zero-order valence-electron chi connectivity index (χ0n) is 19.2.